The molecule has 2 heterocycles. The summed E-state index contributed by atoms with van der Waals surface area (Å²) in [6.07, 6.45) is 2.47. The number of methoxy groups -OCH3 is 1. The zero-order chi connectivity index (χ0) is 20.7. The Labute approximate surface area is 170 Å². The minimum Gasteiger partial charge on any atom is -0.383 e. The molecule has 4 rings (SSSR count). The second kappa shape index (κ2) is 7.55. The van der Waals surface area contributed by atoms with E-state index in [-0.39, 0.29) is 11.9 Å². The monoisotopic (exact) mass is 396 g/mol. The third kappa shape index (κ3) is 3.40. The van der Waals surface area contributed by atoms with Crippen molar-refractivity contribution in [3.05, 3.63) is 36.0 Å². The fourth-order valence-corrected chi connectivity index (χ4v) is 3.84. The van der Waals surface area contributed by atoms with Gasteiger partial charge in [0.25, 0.3) is 5.91 Å². The Hall–Kier alpha value is -2.80. The minimum absolute atomic E-state index is 0.185. The normalized spacial score (nSPS) is 13.9. The second-order valence-corrected chi connectivity index (χ2v) is 8.07. The molecule has 7 heteroatoms. The summed E-state index contributed by atoms with van der Waals surface area (Å²) < 4.78 is 8.95. The van der Waals surface area contributed by atoms with Crippen molar-refractivity contribution in [3.63, 3.8) is 0 Å². The number of benzene rings is 1. The summed E-state index contributed by atoms with van der Waals surface area (Å²) in [5, 5.41) is 0.997. The van der Waals surface area contributed by atoms with Gasteiger partial charge in [0.15, 0.2) is 0 Å². The van der Waals surface area contributed by atoms with Gasteiger partial charge in [0.05, 0.1) is 23.2 Å². The lowest BCUT2D eigenvalue weighted by Crippen LogP contribution is -2.35. The van der Waals surface area contributed by atoms with Gasteiger partial charge >= 0.3 is 6.03 Å². The van der Waals surface area contributed by atoms with Gasteiger partial charge in [-0.3, -0.25) is 9.36 Å². The first-order valence-corrected chi connectivity index (χ1v) is 10.0. The first kappa shape index (κ1) is 19.5. The van der Waals surface area contributed by atoms with E-state index in [0.29, 0.717) is 24.8 Å². The Bertz CT molecular complexity index is 1070. The van der Waals surface area contributed by atoms with Crippen LogP contribution in [0.2, 0.25) is 0 Å². The van der Waals surface area contributed by atoms with Crippen molar-refractivity contribution < 1.29 is 14.3 Å². The van der Waals surface area contributed by atoms with Crippen LogP contribution in [-0.4, -0.2) is 72.3 Å². The van der Waals surface area contributed by atoms with Gasteiger partial charge in [0.2, 0.25) is 0 Å². The van der Waals surface area contributed by atoms with Crippen molar-refractivity contribution in [3.8, 4) is 0 Å². The third-order valence-electron chi connectivity index (χ3n) is 5.63. The van der Waals surface area contributed by atoms with Gasteiger partial charge in [0.1, 0.15) is 5.69 Å². The minimum atomic E-state index is -0.224. The fraction of sp³-hybridized carbons (Fsp3) is 0.455. The predicted octanol–water partition coefficient (Wildman–Crippen LogP) is 3.25. The molecule has 0 N–H and O–H groups in total. The molecule has 1 aliphatic carbocycles. The number of aromatic nitrogens is 2. The largest absolute Gasteiger partial charge is 0.383 e. The SMILES string of the molecule is COCCN(C)C(=O)c1cc2c(c3ccccc3n2CC2CC2)n1C(=O)N(C)C. The Balaban J connectivity index is 1.94. The lowest BCUT2D eigenvalue weighted by Gasteiger charge is -2.19. The molecule has 0 atom stereocenters. The first-order chi connectivity index (χ1) is 13.9. The molecule has 0 aliphatic heterocycles. The Kier molecular flexibility index (Phi) is 5.08. The first-order valence-electron chi connectivity index (χ1n) is 10.0. The Morgan fingerprint density at radius 2 is 1.86 bits per heavy atom. The molecule has 0 saturated heterocycles. The number of ether oxygens (including phenoxy) is 1. The molecular formula is C22H28N4O3. The second-order valence-electron chi connectivity index (χ2n) is 8.07. The quantitative estimate of drug-likeness (QED) is 0.643. The lowest BCUT2D eigenvalue weighted by atomic mass is 10.2. The summed E-state index contributed by atoms with van der Waals surface area (Å²) in [4.78, 5) is 29.5. The maximum absolute atomic E-state index is 13.2. The van der Waals surface area contributed by atoms with Crippen molar-refractivity contribution in [2.45, 2.75) is 19.4 Å². The number of fused-ring (bicyclic) bond motifs is 3. The number of nitrogens with zero attached hydrogens (tertiary/aromatic N) is 4. The standard InChI is InChI=1S/C22H28N4O3/c1-23(2)22(28)26-19(21(27)24(3)11-12-29-4)13-18-20(26)16-7-5-6-8-17(16)25(18)14-15-9-10-15/h5-8,13,15H,9-12,14H2,1-4H3. The molecule has 0 unspecified atom stereocenters. The van der Waals surface area contributed by atoms with Crippen LogP contribution in [0.5, 0.6) is 0 Å². The zero-order valence-electron chi connectivity index (χ0n) is 17.5. The average Bonchev–Trinajstić information content (AvgIpc) is 3.38. The molecule has 154 valence electrons. The summed E-state index contributed by atoms with van der Waals surface area (Å²) in [5.74, 6) is 0.487. The summed E-state index contributed by atoms with van der Waals surface area (Å²) in [6.45, 7) is 1.82. The van der Waals surface area contributed by atoms with Gasteiger partial charge in [-0.2, -0.15) is 0 Å². The zero-order valence-corrected chi connectivity index (χ0v) is 17.5. The van der Waals surface area contributed by atoms with Crippen LogP contribution in [0.15, 0.2) is 30.3 Å². The number of rotatable bonds is 6. The maximum Gasteiger partial charge on any atom is 0.328 e. The van der Waals surface area contributed by atoms with Gasteiger partial charge in [-0.15, -0.1) is 0 Å². The van der Waals surface area contributed by atoms with Crippen LogP contribution in [0, 0.1) is 5.92 Å². The molecular weight excluding hydrogens is 368 g/mol. The third-order valence-corrected chi connectivity index (χ3v) is 5.63. The number of hydrogen-bond acceptors (Lipinski definition) is 3. The van der Waals surface area contributed by atoms with Crippen molar-refractivity contribution >= 4 is 33.9 Å². The maximum atomic E-state index is 13.2. The van der Waals surface area contributed by atoms with E-state index in [9.17, 15) is 9.59 Å². The van der Waals surface area contributed by atoms with Crippen molar-refractivity contribution in [1.82, 2.24) is 18.9 Å². The number of hydrogen-bond donors (Lipinski definition) is 0. The molecule has 29 heavy (non-hydrogen) atoms. The highest BCUT2D eigenvalue weighted by Gasteiger charge is 2.29. The summed E-state index contributed by atoms with van der Waals surface area (Å²) in [7, 11) is 6.76. The highest BCUT2D eigenvalue weighted by molar-refractivity contribution is 6.14. The topological polar surface area (TPSA) is 59.7 Å². The van der Waals surface area contributed by atoms with Gasteiger partial charge < -0.3 is 19.1 Å². The van der Waals surface area contributed by atoms with Gasteiger partial charge in [-0.1, -0.05) is 18.2 Å². The van der Waals surface area contributed by atoms with Crippen LogP contribution in [0.3, 0.4) is 0 Å². The van der Waals surface area contributed by atoms with Crippen LogP contribution in [0.25, 0.3) is 21.9 Å². The van der Waals surface area contributed by atoms with E-state index < -0.39 is 0 Å². The molecule has 3 aromatic rings. The molecule has 1 aromatic carbocycles. The van der Waals surface area contributed by atoms with Gasteiger partial charge in [-0.25, -0.2) is 4.79 Å². The van der Waals surface area contributed by atoms with Crippen molar-refractivity contribution in [1.29, 1.82) is 0 Å². The summed E-state index contributed by atoms with van der Waals surface area (Å²) >= 11 is 0. The van der Waals surface area contributed by atoms with E-state index in [4.69, 9.17) is 4.74 Å². The molecule has 0 spiro atoms. The van der Waals surface area contributed by atoms with Gasteiger partial charge in [-0.05, 0) is 30.9 Å². The van der Waals surface area contributed by atoms with Gasteiger partial charge in [0, 0.05) is 46.7 Å². The molecule has 0 bridgehead atoms. The van der Waals surface area contributed by atoms with E-state index >= 15 is 0 Å². The summed E-state index contributed by atoms with van der Waals surface area (Å²) in [6, 6.07) is 9.78. The number of amides is 2. The van der Waals surface area contributed by atoms with E-state index in [0.717, 1.165) is 28.5 Å². The molecule has 7 nitrogen and oxygen atoms in total. The Morgan fingerprint density at radius 1 is 1.14 bits per heavy atom. The van der Waals surface area contributed by atoms with E-state index in [2.05, 4.69) is 10.6 Å². The average molecular weight is 396 g/mol. The van der Waals surface area contributed by atoms with E-state index in [1.807, 2.05) is 24.3 Å². The molecule has 0 radical (unpaired) electrons. The van der Waals surface area contributed by atoms with Crippen LogP contribution >= 0.6 is 0 Å². The van der Waals surface area contributed by atoms with Crippen molar-refractivity contribution in [2.24, 2.45) is 5.92 Å². The molecule has 1 aliphatic rings. The lowest BCUT2D eigenvalue weighted by molar-refractivity contribution is 0.0735. The number of likely N-dealkylation sites (N-methyl/N-ethyl adjacent to an activating group) is 1. The number of para-hydroxylation sites is 1. The summed E-state index contributed by atoms with van der Waals surface area (Å²) in [5.41, 5.74) is 3.25. The predicted molar refractivity (Wildman–Crippen MR) is 113 cm³/mol. The number of carbonyl (C=O) groups excluding carboxylic acids is 2. The Morgan fingerprint density at radius 3 is 2.52 bits per heavy atom. The molecule has 2 aromatic heterocycles. The van der Waals surface area contributed by atoms with Crippen LogP contribution in [-0.2, 0) is 11.3 Å². The molecule has 2 amide bonds. The fourth-order valence-electron chi connectivity index (χ4n) is 3.84. The number of carbonyl (C=O) groups is 2. The molecule has 1 saturated carbocycles. The highest BCUT2D eigenvalue weighted by Crippen LogP contribution is 2.37. The van der Waals surface area contributed by atoms with Crippen molar-refractivity contribution in [2.75, 3.05) is 41.4 Å². The molecule has 1 fully saturated rings. The smallest absolute Gasteiger partial charge is 0.328 e. The van der Waals surface area contributed by atoms with E-state index in [1.54, 1.807) is 37.7 Å². The van der Waals surface area contributed by atoms with Crippen LogP contribution in [0.4, 0.5) is 4.79 Å². The van der Waals surface area contributed by atoms with E-state index in [1.165, 1.54) is 17.7 Å². The highest BCUT2D eigenvalue weighted by atomic mass is 16.5. The van der Waals surface area contributed by atoms with Crippen LogP contribution in [0.1, 0.15) is 23.3 Å². The van der Waals surface area contributed by atoms with Crippen LogP contribution < -0.4 is 0 Å².